The van der Waals surface area contributed by atoms with Crippen LogP contribution in [0, 0.1) is 5.82 Å². The number of hydrogen-bond donors (Lipinski definition) is 1. The number of carbonyl (C=O) groups is 1. The van der Waals surface area contributed by atoms with Crippen LogP contribution in [0.25, 0.3) is 10.9 Å². The minimum absolute atomic E-state index is 0.0240. The van der Waals surface area contributed by atoms with Gasteiger partial charge in [0.2, 0.25) is 0 Å². The van der Waals surface area contributed by atoms with E-state index in [1.807, 2.05) is 19.9 Å². The number of rotatable bonds is 9. The number of halogens is 2. The molecular weight excluding hydrogens is 555 g/mol. The molecule has 4 rings (SSSR count). The lowest BCUT2D eigenvalue weighted by atomic mass is 10.1. The van der Waals surface area contributed by atoms with E-state index >= 15 is 0 Å². The summed E-state index contributed by atoms with van der Waals surface area (Å²) in [5.41, 5.74) is 1.23. The molecule has 0 unspecified atom stereocenters. The quantitative estimate of drug-likeness (QED) is 0.255. The molecule has 0 radical (unpaired) electrons. The van der Waals surface area contributed by atoms with Gasteiger partial charge in [0.05, 0.1) is 24.2 Å². The third kappa shape index (κ3) is 6.08. The number of hydrogen-bond acceptors (Lipinski definition) is 6. The van der Waals surface area contributed by atoms with Gasteiger partial charge in [-0.3, -0.25) is 9.59 Å². The molecule has 1 heterocycles. The van der Waals surface area contributed by atoms with E-state index in [4.69, 9.17) is 14.5 Å². The maximum atomic E-state index is 13.4. The van der Waals surface area contributed by atoms with Crippen LogP contribution in [0.5, 0.6) is 11.5 Å². The van der Waals surface area contributed by atoms with Gasteiger partial charge in [0.25, 0.3) is 11.5 Å². The van der Waals surface area contributed by atoms with E-state index in [0.29, 0.717) is 33.7 Å². The Morgan fingerprint density at radius 2 is 1.97 bits per heavy atom. The minimum Gasteiger partial charge on any atom is -0.493 e. The van der Waals surface area contributed by atoms with Crippen LogP contribution in [0.4, 0.5) is 10.1 Å². The minimum atomic E-state index is -0.440. The SMILES string of the molecule is CC[C@H](C)c1nc2ccc(Br)cc2c(=O)n1N=Cc1cccc(OC)c1OCC(=O)Nc1ccc(F)cc1. The molecule has 38 heavy (non-hydrogen) atoms. The van der Waals surface area contributed by atoms with Crippen LogP contribution >= 0.6 is 15.9 Å². The molecule has 3 aromatic carbocycles. The molecule has 196 valence electrons. The van der Waals surface area contributed by atoms with Gasteiger partial charge in [-0.1, -0.05) is 35.8 Å². The number of anilines is 1. The van der Waals surface area contributed by atoms with E-state index in [9.17, 15) is 14.0 Å². The summed E-state index contributed by atoms with van der Waals surface area (Å²) in [4.78, 5) is 30.6. The summed E-state index contributed by atoms with van der Waals surface area (Å²) in [7, 11) is 1.48. The summed E-state index contributed by atoms with van der Waals surface area (Å²) in [6.45, 7) is 3.67. The first-order valence-electron chi connectivity index (χ1n) is 11.9. The molecule has 1 atom stereocenters. The van der Waals surface area contributed by atoms with Crippen molar-refractivity contribution in [3.8, 4) is 11.5 Å². The summed E-state index contributed by atoms with van der Waals surface area (Å²) < 4.78 is 26.4. The monoisotopic (exact) mass is 580 g/mol. The van der Waals surface area contributed by atoms with Crippen molar-refractivity contribution >= 4 is 44.6 Å². The molecule has 10 heteroatoms. The maximum absolute atomic E-state index is 13.4. The molecule has 0 aliphatic heterocycles. The van der Waals surface area contributed by atoms with Gasteiger partial charge in [-0.15, -0.1) is 0 Å². The molecule has 0 saturated carbocycles. The molecule has 0 fully saturated rings. The van der Waals surface area contributed by atoms with E-state index < -0.39 is 11.7 Å². The van der Waals surface area contributed by atoms with Gasteiger partial charge in [0.1, 0.15) is 11.6 Å². The first-order chi connectivity index (χ1) is 18.3. The molecular formula is C28H26BrFN4O4. The van der Waals surface area contributed by atoms with Gasteiger partial charge in [0.15, 0.2) is 18.1 Å². The second kappa shape index (κ2) is 12.0. The Hall–Kier alpha value is -4.05. The number of ether oxygens (including phenoxy) is 2. The van der Waals surface area contributed by atoms with Crippen molar-refractivity contribution in [2.24, 2.45) is 5.10 Å². The standard InChI is InChI=1S/C28H26BrFN4O4/c1-4-17(2)27-33-23-13-8-19(29)14-22(23)28(36)34(27)31-15-18-6-5-7-24(37-3)26(18)38-16-25(35)32-21-11-9-20(30)10-12-21/h5-15,17H,4,16H2,1-3H3,(H,32,35)/t17-/m0/s1. The zero-order valence-corrected chi connectivity index (χ0v) is 22.7. The number of benzene rings is 3. The topological polar surface area (TPSA) is 94.8 Å². The predicted octanol–water partition coefficient (Wildman–Crippen LogP) is 5.72. The zero-order valence-electron chi connectivity index (χ0n) is 21.1. The Morgan fingerprint density at radius 3 is 2.68 bits per heavy atom. The summed E-state index contributed by atoms with van der Waals surface area (Å²) in [5.74, 6) is 0.338. The fraction of sp³-hybridized carbons (Fsp3) is 0.214. The highest BCUT2D eigenvalue weighted by Gasteiger charge is 2.17. The van der Waals surface area contributed by atoms with Crippen LogP contribution in [0.15, 0.2) is 75.0 Å². The van der Waals surface area contributed by atoms with Crippen molar-refractivity contribution in [2.75, 3.05) is 19.0 Å². The van der Waals surface area contributed by atoms with Gasteiger partial charge < -0.3 is 14.8 Å². The molecule has 0 aliphatic carbocycles. The van der Waals surface area contributed by atoms with Gasteiger partial charge >= 0.3 is 0 Å². The lowest BCUT2D eigenvalue weighted by Gasteiger charge is -2.15. The van der Waals surface area contributed by atoms with Crippen LogP contribution in [0.3, 0.4) is 0 Å². The zero-order chi connectivity index (χ0) is 27.2. The molecule has 8 nitrogen and oxygen atoms in total. The summed E-state index contributed by atoms with van der Waals surface area (Å²) in [6.07, 6.45) is 2.25. The van der Waals surface area contributed by atoms with E-state index in [0.717, 1.165) is 10.9 Å². The van der Waals surface area contributed by atoms with E-state index in [-0.39, 0.29) is 23.8 Å². The normalized spacial score (nSPS) is 12.0. The van der Waals surface area contributed by atoms with Crippen LogP contribution in [-0.4, -0.2) is 35.5 Å². The highest BCUT2D eigenvalue weighted by molar-refractivity contribution is 9.10. The third-order valence-electron chi connectivity index (χ3n) is 5.90. The molecule has 4 aromatic rings. The Balaban J connectivity index is 1.66. The number of fused-ring (bicyclic) bond motifs is 1. The van der Waals surface area contributed by atoms with Crippen molar-refractivity contribution in [2.45, 2.75) is 26.2 Å². The lowest BCUT2D eigenvalue weighted by molar-refractivity contribution is -0.118. The Bertz CT molecular complexity index is 1550. The van der Waals surface area contributed by atoms with Gasteiger partial charge in [0, 0.05) is 21.6 Å². The molecule has 0 spiro atoms. The molecule has 1 aromatic heterocycles. The highest BCUT2D eigenvalue weighted by atomic mass is 79.9. The number of nitrogens with zero attached hydrogens (tertiary/aromatic N) is 3. The van der Waals surface area contributed by atoms with Gasteiger partial charge in [-0.05, 0) is 61.0 Å². The van der Waals surface area contributed by atoms with Gasteiger partial charge in [-0.2, -0.15) is 9.78 Å². The first-order valence-corrected chi connectivity index (χ1v) is 12.7. The summed E-state index contributed by atoms with van der Waals surface area (Å²) >= 11 is 3.41. The van der Waals surface area contributed by atoms with Crippen LogP contribution in [-0.2, 0) is 4.79 Å². The van der Waals surface area contributed by atoms with Crippen LogP contribution in [0.2, 0.25) is 0 Å². The predicted molar refractivity (Wildman–Crippen MR) is 149 cm³/mol. The Kier molecular flexibility index (Phi) is 8.52. The van der Waals surface area contributed by atoms with Crippen molar-refractivity contribution in [1.82, 2.24) is 9.66 Å². The highest BCUT2D eigenvalue weighted by Crippen LogP contribution is 2.30. The largest absolute Gasteiger partial charge is 0.493 e. The maximum Gasteiger partial charge on any atom is 0.282 e. The molecule has 0 aliphatic rings. The smallest absolute Gasteiger partial charge is 0.282 e. The number of amides is 1. The number of nitrogens with one attached hydrogen (secondary N) is 1. The Morgan fingerprint density at radius 1 is 1.21 bits per heavy atom. The Labute approximate surface area is 227 Å². The van der Waals surface area contributed by atoms with Crippen molar-refractivity contribution in [3.63, 3.8) is 0 Å². The summed E-state index contributed by atoms with van der Waals surface area (Å²) in [5, 5.41) is 7.57. The van der Waals surface area contributed by atoms with Crippen molar-refractivity contribution < 1.29 is 18.7 Å². The molecule has 0 saturated heterocycles. The van der Waals surface area contributed by atoms with E-state index in [1.165, 1.54) is 42.3 Å². The van der Waals surface area contributed by atoms with Gasteiger partial charge in [-0.25, -0.2) is 9.37 Å². The molecule has 0 bridgehead atoms. The van der Waals surface area contributed by atoms with Crippen molar-refractivity contribution in [3.05, 3.63) is 92.7 Å². The molecule has 1 amide bonds. The second-order valence-electron chi connectivity index (χ2n) is 8.52. The average molecular weight is 581 g/mol. The number of carbonyl (C=O) groups excluding carboxylic acids is 1. The number of para-hydroxylation sites is 1. The van der Waals surface area contributed by atoms with E-state index in [1.54, 1.807) is 30.3 Å². The number of methoxy groups -OCH3 is 1. The second-order valence-corrected chi connectivity index (χ2v) is 9.44. The fourth-order valence-electron chi connectivity index (χ4n) is 3.72. The van der Waals surface area contributed by atoms with Crippen LogP contribution < -0.4 is 20.3 Å². The lowest BCUT2D eigenvalue weighted by Crippen LogP contribution is -2.24. The third-order valence-corrected chi connectivity index (χ3v) is 6.40. The van der Waals surface area contributed by atoms with Crippen LogP contribution in [0.1, 0.15) is 37.6 Å². The number of aromatic nitrogens is 2. The average Bonchev–Trinajstić information content (AvgIpc) is 2.92. The molecule has 1 N–H and O–H groups in total. The van der Waals surface area contributed by atoms with E-state index in [2.05, 4.69) is 26.3 Å². The summed E-state index contributed by atoms with van der Waals surface area (Å²) in [6, 6.07) is 15.9. The first kappa shape index (κ1) is 27.0. The van der Waals surface area contributed by atoms with Crippen molar-refractivity contribution in [1.29, 1.82) is 0 Å². The fourth-order valence-corrected chi connectivity index (χ4v) is 4.08.